The highest BCUT2D eigenvalue weighted by Gasteiger charge is 2.17. The molecule has 4 rings (SSSR count). The zero-order valence-electron chi connectivity index (χ0n) is 15.2. The lowest BCUT2D eigenvalue weighted by molar-refractivity contribution is -0.118. The van der Waals surface area contributed by atoms with Crippen molar-refractivity contribution in [2.45, 2.75) is 5.16 Å². The van der Waals surface area contributed by atoms with Crippen LogP contribution in [0, 0.1) is 0 Å². The molecular formula is C20H16N6OS2. The first-order valence-corrected chi connectivity index (χ1v) is 10.6. The lowest BCUT2D eigenvalue weighted by Crippen LogP contribution is -2.19. The largest absolute Gasteiger partial charge is 0.272 e. The number of nitrogens with zero attached hydrogens (tertiary/aromatic N) is 5. The van der Waals surface area contributed by atoms with Crippen molar-refractivity contribution in [2.75, 3.05) is 5.75 Å². The monoisotopic (exact) mass is 420 g/mol. The lowest BCUT2D eigenvalue weighted by atomic mass is 10.2. The molecule has 0 aliphatic heterocycles. The van der Waals surface area contributed by atoms with E-state index in [0.29, 0.717) is 11.0 Å². The molecule has 0 unspecified atom stereocenters. The summed E-state index contributed by atoms with van der Waals surface area (Å²) in [6.45, 7) is 0. The number of amides is 1. The van der Waals surface area contributed by atoms with Crippen LogP contribution in [0.3, 0.4) is 0 Å². The Bertz CT molecular complexity index is 1090. The van der Waals surface area contributed by atoms with Gasteiger partial charge >= 0.3 is 0 Å². The van der Waals surface area contributed by atoms with Crippen LogP contribution in [-0.2, 0) is 4.79 Å². The van der Waals surface area contributed by atoms with E-state index in [9.17, 15) is 4.79 Å². The second kappa shape index (κ2) is 9.26. The van der Waals surface area contributed by atoms with Gasteiger partial charge in [-0.25, -0.2) is 5.43 Å². The summed E-state index contributed by atoms with van der Waals surface area (Å²) in [6.07, 6.45) is 5.05. The fourth-order valence-electron chi connectivity index (χ4n) is 2.56. The van der Waals surface area contributed by atoms with Crippen LogP contribution in [0.1, 0.15) is 4.88 Å². The Hall–Kier alpha value is -3.30. The van der Waals surface area contributed by atoms with Crippen LogP contribution >= 0.6 is 23.1 Å². The van der Waals surface area contributed by atoms with Gasteiger partial charge in [0.1, 0.15) is 0 Å². The lowest BCUT2D eigenvalue weighted by Gasteiger charge is -2.09. The van der Waals surface area contributed by atoms with Crippen LogP contribution in [0.15, 0.2) is 82.6 Å². The molecule has 3 aromatic heterocycles. The second-order valence-corrected chi connectivity index (χ2v) is 7.73. The van der Waals surface area contributed by atoms with Gasteiger partial charge in [0.15, 0.2) is 11.0 Å². The molecule has 0 radical (unpaired) electrons. The van der Waals surface area contributed by atoms with Crippen molar-refractivity contribution < 1.29 is 4.79 Å². The number of carbonyl (C=O) groups excluding carboxylic acids is 1. The molecule has 1 N–H and O–H groups in total. The molecule has 0 spiro atoms. The summed E-state index contributed by atoms with van der Waals surface area (Å²) < 4.78 is 1.93. The number of aromatic nitrogens is 4. The highest BCUT2D eigenvalue weighted by molar-refractivity contribution is 7.99. The van der Waals surface area contributed by atoms with Gasteiger partial charge in [0, 0.05) is 28.5 Å². The van der Waals surface area contributed by atoms with Crippen molar-refractivity contribution >= 4 is 35.2 Å². The number of thioether (sulfide) groups is 1. The van der Waals surface area contributed by atoms with Gasteiger partial charge in [-0.2, -0.15) is 5.10 Å². The molecule has 0 saturated heterocycles. The minimum absolute atomic E-state index is 0.170. The number of thiophene rings is 1. The Morgan fingerprint density at radius 1 is 1.10 bits per heavy atom. The number of pyridine rings is 1. The van der Waals surface area contributed by atoms with E-state index in [0.717, 1.165) is 16.1 Å². The zero-order valence-corrected chi connectivity index (χ0v) is 16.8. The fraction of sp³-hybridized carbons (Fsp3) is 0.0500. The summed E-state index contributed by atoms with van der Waals surface area (Å²) in [5, 5.41) is 15.2. The van der Waals surface area contributed by atoms with Crippen LogP contribution in [0.5, 0.6) is 0 Å². The summed E-state index contributed by atoms with van der Waals surface area (Å²) in [6, 6.07) is 17.4. The fourth-order valence-corrected chi connectivity index (χ4v) is 3.89. The molecule has 3 heterocycles. The van der Waals surface area contributed by atoms with E-state index in [2.05, 4.69) is 25.7 Å². The molecule has 144 valence electrons. The Labute approximate surface area is 175 Å². The molecule has 29 heavy (non-hydrogen) atoms. The minimum Gasteiger partial charge on any atom is -0.272 e. The predicted molar refractivity (Wildman–Crippen MR) is 115 cm³/mol. The molecule has 4 aromatic rings. The van der Waals surface area contributed by atoms with E-state index in [1.165, 1.54) is 11.8 Å². The van der Waals surface area contributed by atoms with Gasteiger partial charge in [-0.05, 0) is 35.7 Å². The van der Waals surface area contributed by atoms with E-state index in [1.54, 1.807) is 29.9 Å². The molecule has 0 fully saturated rings. The third kappa shape index (κ3) is 4.76. The van der Waals surface area contributed by atoms with Crippen molar-refractivity contribution in [3.05, 3.63) is 77.2 Å². The maximum atomic E-state index is 12.2. The summed E-state index contributed by atoms with van der Waals surface area (Å²) >= 11 is 2.86. The molecular weight excluding hydrogens is 404 g/mol. The van der Waals surface area contributed by atoms with Crippen LogP contribution in [0.4, 0.5) is 0 Å². The Morgan fingerprint density at radius 2 is 1.93 bits per heavy atom. The maximum absolute atomic E-state index is 12.2. The number of para-hydroxylation sites is 1. The molecule has 0 aliphatic rings. The first-order chi connectivity index (χ1) is 14.3. The highest BCUT2D eigenvalue weighted by Crippen LogP contribution is 2.27. The summed E-state index contributed by atoms with van der Waals surface area (Å²) in [5.74, 6) is 0.649. The SMILES string of the molecule is O=C(CSc1nnc(-c2ccncc2)n1-c1ccccc1)N/N=C\c1cccs1. The summed E-state index contributed by atoms with van der Waals surface area (Å²) in [4.78, 5) is 17.2. The summed E-state index contributed by atoms with van der Waals surface area (Å²) in [7, 11) is 0. The standard InChI is InChI=1S/C20H16N6OS2/c27-18(23-22-13-17-7-4-12-28-17)14-29-20-25-24-19(15-8-10-21-11-9-15)26(20)16-5-2-1-3-6-16/h1-13H,14H2,(H,23,27)/b22-13-. The third-order valence-electron chi connectivity index (χ3n) is 3.84. The third-order valence-corrected chi connectivity index (χ3v) is 5.58. The molecule has 0 saturated carbocycles. The van der Waals surface area contributed by atoms with Gasteiger partial charge in [0.05, 0.1) is 12.0 Å². The molecule has 1 aromatic carbocycles. The van der Waals surface area contributed by atoms with Gasteiger partial charge in [-0.3, -0.25) is 14.3 Å². The number of hydrogen-bond acceptors (Lipinski definition) is 7. The van der Waals surface area contributed by atoms with E-state index in [-0.39, 0.29) is 11.7 Å². The van der Waals surface area contributed by atoms with Gasteiger partial charge in [0.2, 0.25) is 0 Å². The van der Waals surface area contributed by atoms with Crippen LogP contribution in [0.2, 0.25) is 0 Å². The zero-order chi connectivity index (χ0) is 19.9. The van der Waals surface area contributed by atoms with Crippen molar-refractivity contribution in [3.8, 4) is 17.1 Å². The number of hydrogen-bond donors (Lipinski definition) is 1. The van der Waals surface area contributed by atoms with Crippen molar-refractivity contribution in [1.29, 1.82) is 0 Å². The molecule has 0 atom stereocenters. The Kier molecular flexibility index (Phi) is 6.08. The van der Waals surface area contributed by atoms with Crippen molar-refractivity contribution in [3.63, 3.8) is 0 Å². The highest BCUT2D eigenvalue weighted by atomic mass is 32.2. The number of rotatable bonds is 7. The van der Waals surface area contributed by atoms with E-state index in [1.807, 2.05) is 64.5 Å². The number of carbonyl (C=O) groups is 1. The molecule has 7 nitrogen and oxygen atoms in total. The van der Waals surface area contributed by atoms with Crippen LogP contribution in [0.25, 0.3) is 17.1 Å². The normalized spacial score (nSPS) is 11.0. The van der Waals surface area contributed by atoms with Gasteiger partial charge in [0.25, 0.3) is 5.91 Å². The molecule has 0 bridgehead atoms. The van der Waals surface area contributed by atoms with E-state index < -0.39 is 0 Å². The van der Waals surface area contributed by atoms with Gasteiger partial charge in [-0.15, -0.1) is 21.5 Å². The molecule has 9 heteroatoms. The van der Waals surface area contributed by atoms with Crippen molar-refractivity contribution in [1.82, 2.24) is 25.2 Å². The Balaban J connectivity index is 1.51. The Morgan fingerprint density at radius 3 is 2.69 bits per heavy atom. The van der Waals surface area contributed by atoms with Crippen LogP contribution in [-0.4, -0.2) is 37.6 Å². The molecule has 1 amide bonds. The smallest absolute Gasteiger partial charge is 0.250 e. The first kappa shape index (κ1) is 19.0. The average molecular weight is 421 g/mol. The predicted octanol–water partition coefficient (Wildman–Crippen LogP) is 3.63. The first-order valence-electron chi connectivity index (χ1n) is 8.71. The average Bonchev–Trinajstić information content (AvgIpc) is 3.43. The maximum Gasteiger partial charge on any atom is 0.250 e. The number of nitrogens with one attached hydrogen (secondary N) is 1. The van der Waals surface area contributed by atoms with E-state index in [4.69, 9.17) is 0 Å². The minimum atomic E-state index is -0.212. The second-order valence-electron chi connectivity index (χ2n) is 5.81. The van der Waals surface area contributed by atoms with Gasteiger partial charge < -0.3 is 0 Å². The number of benzene rings is 1. The van der Waals surface area contributed by atoms with Gasteiger partial charge in [-0.1, -0.05) is 36.0 Å². The summed E-state index contributed by atoms with van der Waals surface area (Å²) in [5.41, 5.74) is 4.36. The van der Waals surface area contributed by atoms with Crippen LogP contribution < -0.4 is 5.43 Å². The topological polar surface area (TPSA) is 85.1 Å². The quantitative estimate of drug-likeness (QED) is 0.280. The van der Waals surface area contributed by atoms with Crippen molar-refractivity contribution in [2.24, 2.45) is 5.10 Å². The number of hydrazone groups is 1. The van der Waals surface area contributed by atoms with E-state index >= 15 is 0 Å². The molecule has 0 aliphatic carbocycles.